The Labute approximate surface area is 124 Å². The van der Waals surface area contributed by atoms with Crippen molar-refractivity contribution in [3.05, 3.63) is 29.8 Å². The van der Waals surface area contributed by atoms with E-state index in [0.717, 1.165) is 5.56 Å². The van der Waals surface area contributed by atoms with E-state index in [1.54, 1.807) is 0 Å². The van der Waals surface area contributed by atoms with Gasteiger partial charge in [0.2, 0.25) is 5.13 Å². The van der Waals surface area contributed by atoms with Crippen molar-refractivity contribution < 1.29 is 4.79 Å². The summed E-state index contributed by atoms with van der Waals surface area (Å²) in [5, 5.41) is 21.9. The molecular formula is C12H11N5OS2. The lowest BCUT2D eigenvalue weighted by Gasteiger charge is -2.04. The van der Waals surface area contributed by atoms with Crippen molar-refractivity contribution in [3.8, 4) is 6.07 Å². The van der Waals surface area contributed by atoms with Gasteiger partial charge in [0.05, 0.1) is 11.8 Å². The molecule has 0 radical (unpaired) electrons. The number of carbonyl (C=O) groups excluding carboxylic acids is 1. The third-order valence-electron chi connectivity index (χ3n) is 2.20. The van der Waals surface area contributed by atoms with Gasteiger partial charge in [-0.15, -0.1) is 10.2 Å². The Kier molecular flexibility index (Phi) is 4.92. The summed E-state index contributed by atoms with van der Waals surface area (Å²) in [6.45, 7) is 1.98. The van der Waals surface area contributed by atoms with Gasteiger partial charge in [-0.25, -0.2) is 4.79 Å². The van der Waals surface area contributed by atoms with Gasteiger partial charge < -0.3 is 5.32 Å². The Morgan fingerprint density at radius 3 is 2.80 bits per heavy atom. The first kappa shape index (κ1) is 14.3. The first-order valence-electron chi connectivity index (χ1n) is 5.65. The third-order valence-corrected chi connectivity index (χ3v) is 4.04. The second-order valence-corrected chi connectivity index (χ2v) is 5.97. The second kappa shape index (κ2) is 6.88. The molecule has 0 atom stereocenters. The molecule has 0 bridgehead atoms. The standard InChI is InChI=1S/C12H11N5OS2/c1-8-2-4-9(5-3-8)14-10(18)15-11-16-17-12(20-11)19-7-6-13/h2-5H,7H2,1H3,(H2,14,15,16,18). The molecule has 0 aliphatic heterocycles. The first-order chi connectivity index (χ1) is 9.67. The number of nitrogens with zero attached hydrogens (tertiary/aromatic N) is 3. The molecule has 8 heteroatoms. The highest BCUT2D eigenvalue weighted by Gasteiger charge is 2.08. The molecule has 2 rings (SSSR count). The average Bonchev–Trinajstić information content (AvgIpc) is 2.86. The summed E-state index contributed by atoms with van der Waals surface area (Å²) >= 11 is 2.52. The minimum atomic E-state index is -0.373. The van der Waals surface area contributed by atoms with E-state index >= 15 is 0 Å². The number of hydrogen-bond donors (Lipinski definition) is 2. The zero-order valence-corrected chi connectivity index (χ0v) is 12.2. The number of nitrogens with one attached hydrogen (secondary N) is 2. The van der Waals surface area contributed by atoms with Gasteiger partial charge in [0, 0.05) is 5.69 Å². The lowest BCUT2D eigenvalue weighted by molar-refractivity contribution is 0.262. The smallest absolute Gasteiger partial charge is 0.308 e. The molecule has 102 valence electrons. The maximum Gasteiger partial charge on any atom is 0.325 e. The van der Waals surface area contributed by atoms with E-state index in [4.69, 9.17) is 5.26 Å². The number of thioether (sulfide) groups is 1. The largest absolute Gasteiger partial charge is 0.325 e. The van der Waals surface area contributed by atoms with E-state index in [1.807, 2.05) is 37.3 Å². The molecule has 20 heavy (non-hydrogen) atoms. The topological polar surface area (TPSA) is 90.7 Å². The molecule has 1 aromatic heterocycles. The molecule has 0 spiro atoms. The van der Waals surface area contributed by atoms with Crippen LogP contribution in [-0.4, -0.2) is 22.0 Å². The maximum absolute atomic E-state index is 11.7. The first-order valence-corrected chi connectivity index (χ1v) is 7.45. The molecule has 2 aromatic rings. The number of carbonyl (C=O) groups is 1. The lowest BCUT2D eigenvalue weighted by Crippen LogP contribution is -2.19. The Morgan fingerprint density at radius 2 is 2.10 bits per heavy atom. The van der Waals surface area contributed by atoms with Crippen molar-refractivity contribution >= 4 is 39.9 Å². The minimum absolute atomic E-state index is 0.310. The molecule has 2 amide bonds. The molecule has 6 nitrogen and oxygen atoms in total. The van der Waals surface area contributed by atoms with Gasteiger partial charge in [-0.2, -0.15) is 5.26 Å². The number of aromatic nitrogens is 2. The van der Waals surface area contributed by atoms with Crippen molar-refractivity contribution in [3.63, 3.8) is 0 Å². The molecule has 0 fully saturated rings. The van der Waals surface area contributed by atoms with Crippen LogP contribution in [0.25, 0.3) is 0 Å². The number of nitriles is 1. The van der Waals surface area contributed by atoms with E-state index in [0.29, 0.717) is 20.9 Å². The van der Waals surface area contributed by atoms with E-state index < -0.39 is 0 Å². The van der Waals surface area contributed by atoms with Crippen molar-refractivity contribution in [2.24, 2.45) is 0 Å². The van der Waals surface area contributed by atoms with Crippen LogP contribution in [0.1, 0.15) is 5.56 Å². The van der Waals surface area contributed by atoms with E-state index in [-0.39, 0.29) is 6.03 Å². The van der Waals surface area contributed by atoms with Gasteiger partial charge in [-0.05, 0) is 19.1 Å². The molecular weight excluding hydrogens is 294 g/mol. The summed E-state index contributed by atoms with van der Waals surface area (Å²) in [4.78, 5) is 11.7. The van der Waals surface area contributed by atoms with Crippen LogP contribution >= 0.6 is 23.1 Å². The Hall–Kier alpha value is -2.11. The molecule has 1 aromatic carbocycles. The van der Waals surface area contributed by atoms with Gasteiger partial charge in [0.15, 0.2) is 4.34 Å². The zero-order valence-electron chi connectivity index (χ0n) is 10.6. The fraction of sp³-hybridized carbons (Fsp3) is 0.167. The number of benzene rings is 1. The van der Waals surface area contributed by atoms with Crippen LogP contribution in [0.4, 0.5) is 15.6 Å². The van der Waals surface area contributed by atoms with Crippen LogP contribution in [0.5, 0.6) is 0 Å². The highest BCUT2D eigenvalue weighted by Crippen LogP contribution is 2.25. The summed E-state index contributed by atoms with van der Waals surface area (Å²) in [5.41, 5.74) is 1.83. The van der Waals surface area contributed by atoms with Gasteiger partial charge in [-0.1, -0.05) is 40.8 Å². The van der Waals surface area contributed by atoms with E-state index in [9.17, 15) is 4.79 Å². The highest BCUT2D eigenvalue weighted by molar-refractivity contribution is 8.01. The molecule has 0 aliphatic rings. The highest BCUT2D eigenvalue weighted by atomic mass is 32.2. The molecule has 0 saturated heterocycles. The van der Waals surface area contributed by atoms with Crippen molar-refractivity contribution in [2.75, 3.05) is 16.4 Å². The monoisotopic (exact) mass is 305 g/mol. The fourth-order valence-electron chi connectivity index (χ4n) is 1.31. The summed E-state index contributed by atoms with van der Waals surface area (Å²) in [6, 6.07) is 9.11. The Balaban J connectivity index is 1.89. The molecule has 0 aliphatic carbocycles. The molecule has 0 saturated carbocycles. The van der Waals surface area contributed by atoms with Crippen LogP contribution < -0.4 is 10.6 Å². The van der Waals surface area contributed by atoms with Gasteiger partial charge in [0.1, 0.15) is 0 Å². The number of rotatable bonds is 4. The van der Waals surface area contributed by atoms with Gasteiger partial charge in [-0.3, -0.25) is 5.32 Å². The van der Waals surface area contributed by atoms with Crippen LogP contribution in [0.15, 0.2) is 28.6 Å². The van der Waals surface area contributed by atoms with Crippen molar-refractivity contribution in [1.82, 2.24) is 10.2 Å². The third kappa shape index (κ3) is 4.22. The Bertz CT molecular complexity index is 632. The number of anilines is 2. The van der Waals surface area contributed by atoms with Gasteiger partial charge >= 0.3 is 6.03 Å². The average molecular weight is 305 g/mol. The minimum Gasteiger partial charge on any atom is -0.308 e. The van der Waals surface area contributed by atoms with Gasteiger partial charge in [0.25, 0.3) is 0 Å². The SMILES string of the molecule is Cc1ccc(NC(=O)Nc2nnc(SCC#N)s2)cc1. The molecule has 0 unspecified atom stereocenters. The van der Waals surface area contributed by atoms with Crippen LogP contribution in [-0.2, 0) is 0 Å². The number of aryl methyl sites for hydroxylation is 1. The lowest BCUT2D eigenvalue weighted by atomic mass is 10.2. The number of urea groups is 1. The maximum atomic E-state index is 11.7. The number of amides is 2. The Morgan fingerprint density at radius 1 is 1.35 bits per heavy atom. The van der Waals surface area contributed by atoms with E-state index in [1.165, 1.54) is 23.1 Å². The van der Waals surface area contributed by atoms with Crippen molar-refractivity contribution in [2.45, 2.75) is 11.3 Å². The quantitative estimate of drug-likeness (QED) is 0.669. The predicted molar refractivity (Wildman–Crippen MR) is 80.1 cm³/mol. The van der Waals surface area contributed by atoms with Crippen LogP contribution in [0, 0.1) is 18.3 Å². The van der Waals surface area contributed by atoms with Crippen LogP contribution in [0.2, 0.25) is 0 Å². The normalized spacial score (nSPS) is 9.80. The molecule has 2 N–H and O–H groups in total. The summed E-state index contributed by atoms with van der Waals surface area (Å²) < 4.78 is 0.650. The summed E-state index contributed by atoms with van der Waals surface area (Å²) in [5.74, 6) is 0.310. The zero-order chi connectivity index (χ0) is 14.4. The predicted octanol–water partition coefficient (Wildman–Crippen LogP) is 3.11. The molecule has 1 heterocycles. The van der Waals surface area contributed by atoms with Crippen LogP contribution in [0.3, 0.4) is 0 Å². The number of hydrogen-bond acceptors (Lipinski definition) is 6. The van der Waals surface area contributed by atoms with Crippen molar-refractivity contribution in [1.29, 1.82) is 5.26 Å². The second-order valence-electron chi connectivity index (χ2n) is 3.77. The van der Waals surface area contributed by atoms with E-state index in [2.05, 4.69) is 20.8 Å². The summed E-state index contributed by atoms with van der Waals surface area (Å²) in [7, 11) is 0. The fourth-order valence-corrected chi connectivity index (χ4v) is 2.72. The summed E-state index contributed by atoms with van der Waals surface area (Å²) in [6.07, 6.45) is 0.